The molecule has 2 heterocycles. The van der Waals surface area contributed by atoms with Gasteiger partial charge in [0.1, 0.15) is 0 Å². The Hall–Kier alpha value is -2.96. The number of aryl methyl sites for hydroxylation is 1. The second-order valence-electron chi connectivity index (χ2n) is 5.75. The summed E-state index contributed by atoms with van der Waals surface area (Å²) in [6.07, 6.45) is 1.50. The van der Waals surface area contributed by atoms with Crippen molar-refractivity contribution in [2.45, 2.75) is 31.7 Å². The number of aromatic nitrogens is 3. The van der Waals surface area contributed by atoms with E-state index in [-0.39, 0.29) is 23.6 Å². The number of amides is 1. The standard InChI is InChI=1S/C17H16N4O3/c1-2-15-19-20-17(23-15)11-8-12(11)18-16(22)13-9-14(24-21-13)10-6-4-3-5-7-10/h3-7,9,11-12H,2,8H2,1H3,(H,18,22). The van der Waals surface area contributed by atoms with Crippen LogP contribution in [-0.4, -0.2) is 27.3 Å². The van der Waals surface area contributed by atoms with E-state index in [2.05, 4.69) is 20.7 Å². The SMILES string of the molecule is CCc1nnc(C2CC2NC(=O)c2cc(-c3ccccc3)on2)o1. The highest BCUT2D eigenvalue weighted by molar-refractivity contribution is 5.93. The van der Waals surface area contributed by atoms with Crippen LogP contribution in [0.1, 0.15) is 41.5 Å². The van der Waals surface area contributed by atoms with E-state index in [4.69, 9.17) is 8.94 Å². The molecule has 0 radical (unpaired) electrons. The number of hydrogen-bond acceptors (Lipinski definition) is 6. The molecule has 1 N–H and O–H groups in total. The minimum absolute atomic E-state index is 0.000434. The van der Waals surface area contributed by atoms with Gasteiger partial charge in [-0.25, -0.2) is 0 Å². The zero-order valence-electron chi connectivity index (χ0n) is 13.1. The quantitative estimate of drug-likeness (QED) is 0.775. The Morgan fingerprint density at radius 1 is 1.29 bits per heavy atom. The molecule has 1 aliphatic rings. The van der Waals surface area contributed by atoms with Gasteiger partial charge in [0.2, 0.25) is 11.8 Å². The fourth-order valence-corrected chi connectivity index (χ4v) is 2.55. The van der Waals surface area contributed by atoms with Crippen molar-refractivity contribution >= 4 is 5.91 Å². The summed E-state index contributed by atoms with van der Waals surface area (Å²) in [6, 6.07) is 11.2. The van der Waals surface area contributed by atoms with Crippen molar-refractivity contribution in [2.24, 2.45) is 0 Å². The highest BCUT2D eigenvalue weighted by Crippen LogP contribution is 2.40. The Bertz CT molecular complexity index is 856. The minimum atomic E-state index is -0.260. The molecule has 1 saturated carbocycles. The van der Waals surface area contributed by atoms with Gasteiger partial charge < -0.3 is 14.3 Å². The first kappa shape index (κ1) is 14.6. The molecule has 2 atom stereocenters. The molecule has 1 aromatic carbocycles. The summed E-state index contributed by atoms with van der Waals surface area (Å²) < 4.78 is 10.8. The van der Waals surface area contributed by atoms with Gasteiger partial charge in [-0.05, 0) is 6.42 Å². The molecule has 0 saturated heterocycles. The van der Waals surface area contributed by atoms with Gasteiger partial charge >= 0.3 is 0 Å². The highest BCUT2D eigenvalue weighted by atomic mass is 16.5. The average Bonchev–Trinajstić information content (AvgIpc) is 3.06. The molecule has 7 nitrogen and oxygen atoms in total. The Balaban J connectivity index is 1.40. The largest absolute Gasteiger partial charge is 0.425 e. The molecule has 0 spiro atoms. The van der Waals surface area contributed by atoms with Gasteiger partial charge in [-0.2, -0.15) is 0 Å². The molecule has 1 aliphatic carbocycles. The third-order valence-corrected chi connectivity index (χ3v) is 4.01. The summed E-state index contributed by atoms with van der Waals surface area (Å²) in [6.45, 7) is 1.96. The third-order valence-electron chi connectivity index (χ3n) is 4.01. The monoisotopic (exact) mass is 324 g/mol. The number of carbonyl (C=O) groups excluding carboxylic acids is 1. The number of benzene rings is 1. The zero-order valence-corrected chi connectivity index (χ0v) is 13.1. The predicted octanol–water partition coefficient (Wildman–Crippen LogP) is 2.57. The molecule has 0 bridgehead atoms. The number of hydrogen-bond donors (Lipinski definition) is 1. The van der Waals surface area contributed by atoms with Crippen LogP contribution in [0.4, 0.5) is 0 Å². The zero-order chi connectivity index (χ0) is 16.5. The van der Waals surface area contributed by atoms with Gasteiger partial charge in [-0.15, -0.1) is 10.2 Å². The Morgan fingerprint density at radius 3 is 2.88 bits per heavy atom. The lowest BCUT2D eigenvalue weighted by Crippen LogP contribution is -2.26. The third kappa shape index (κ3) is 2.80. The van der Waals surface area contributed by atoms with Crippen molar-refractivity contribution in [2.75, 3.05) is 0 Å². The number of nitrogens with zero attached hydrogens (tertiary/aromatic N) is 3. The van der Waals surface area contributed by atoms with Gasteiger partial charge in [-0.1, -0.05) is 42.4 Å². The first-order valence-corrected chi connectivity index (χ1v) is 7.90. The van der Waals surface area contributed by atoms with Crippen LogP contribution >= 0.6 is 0 Å². The Morgan fingerprint density at radius 2 is 2.12 bits per heavy atom. The summed E-state index contributed by atoms with van der Waals surface area (Å²) in [5.74, 6) is 1.59. The van der Waals surface area contributed by atoms with Crippen LogP contribution in [-0.2, 0) is 6.42 Å². The van der Waals surface area contributed by atoms with Crippen molar-refractivity contribution in [3.63, 3.8) is 0 Å². The molecule has 7 heteroatoms. The number of carbonyl (C=O) groups is 1. The van der Waals surface area contributed by atoms with E-state index in [1.54, 1.807) is 6.07 Å². The van der Waals surface area contributed by atoms with E-state index < -0.39 is 0 Å². The van der Waals surface area contributed by atoms with E-state index in [1.165, 1.54) is 0 Å². The van der Waals surface area contributed by atoms with Crippen LogP contribution in [0.15, 0.2) is 45.3 Å². The number of nitrogens with one attached hydrogen (secondary N) is 1. The van der Waals surface area contributed by atoms with E-state index in [0.29, 0.717) is 24.0 Å². The maximum absolute atomic E-state index is 12.3. The predicted molar refractivity (Wildman–Crippen MR) is 84.2 cm³/mol. The van der Waals surface area contributed by atoms with Crippen LogP contribution in [0, 0.1) is 0 Å². The summed E-state index contributed by atoms with van der Waals surface area (Å²) >= 11 is 0. The van der Waals surface area contributed by atoms with E-state index in [9.17, 15) is 4.79 Å². The second-order valence-corrected chi connectivity index (χ2v) is 5.75. The van der Waals surface area contributed by atoms with Crippen LogP contribution in [0.5, 0.6) is 0 Å². The fraction of sp³-hybridized carbons (Fsp3) is 0.294. The summed E-state index contributed by atoms with van der Waals surface area (Å²) in [5.41, 5.74) is 1.14. The Kier molecular flexibility index (Phi) is 3.60. The van der Waals surface area contributed by atoms with Crippen LogP contribution in [0.3, 0.4) is 0 Å². The highest BCUT2D eigenvalue weighted by Gasteiger charge is 2.44. The molecule has 2 aromatic heterocycles. The van der Waals surface area contributed by atoms with Gasteiger partial charge in [-0.3, -0.25) is 4.79 Å². The average molecular weight is 324 g/mol. The van der Waals surface area contributed by atoms with Crippen LogP contribution in [0.2, 0.25) is 0 Å². The maximum Gasteiger partial charge on any atom is 0.273 e. The van der Waals surface area contributed by atoms with Gasteiger partial charge in [0, 0.05) is 24.1 Å². The topological polar surface area (TPSA) is 94.1 Å². The van der Waals surface area contributed by atoms with Crippen molar-refractivity contribution in [1.29, 1.82) is 0 Å². The molecular formula is C17H16N4O3. The first-order valence-electron chi connectivity index (χ1n) is 7.90. The fourth-order valence-electron chi connectivity index (χ4n) is 2.55. The molecule has 4 rings (SSSR count). The minimum Gasteiger partial charge on any atom is -0.425 e. The maximum atomic E-state index is 12.3. The summed E-state index contributed by atoms with van der Waals surface area (Å²) in [7, 11) is 0. The molecule has 24 heavy (non-hydrogen) atoms. The van der Waals surface area contributed by atoms with Gasteiger partial charge in [0.25, 0.3) is 5.91 Å². The van der Waals surface area contributed by atoms with Crippen molar-refractivity contribution < 1.29 is 13.7 Å². The van der Waals surface area contributed by atoms with Crippen molar-refractivity contribution in [1.82, 2.24) is 20.7 Å². The van der Waals surface area contributed by atoms with E-state index >= 15 is 0 Å². The lowest BCUT2D eigenvalue weighted by Gasteiger charge is -1.99. The second kappa shape index (κ2) is 5.92. The molecule has 122 valence electrons. The van der Waals surface area contributed by atoms with Gasteiger partial charge in [0.05, 0.1) is 5.92 Å². The molecular weight excluding hydrogens is 308 g/mol. The molecule has 1 amide bonds. The van der Waals surface area contributed by atoms with Crippen LogP contribution < -0.4 is 5.32 Å². The molecule has 0 aliphatic heterocycles. The van der Waals surface area contributed by atoms with E-state index in [1.807, 2.05) is 37.3 Å². The normalized spacial score (nSPS) is 19.2. The number of rotatable bonds is 5. The smallest absolute Gasteiger partial charge is 0.273 e. The molecule has 2 unspecified atom stereocenters. The first-order chi connectivity index (χ1) is 11.7. The summed E-state index contributed by atoms with van der Waals surface area (Å²) in [5, 5.41) is 14.7. The lowest BCUT2D eigenvalue weighted by molar-refractivity contribution is 0.0941. The molecule has 1 fully saturated rings. The molecule has 3 aromatic rings. The van der Waals surface area contributed by atoms with Crippen LogP contribution in [0.25, 0.3) is 11.3 Å². The van der Waals surface area contributed by atoms with E-state index in [0.717, 1.165) is 12.0 Å². The van der Waals surface area contributed by atoms with Crippen molar-refractivity contribution in [3.8, 4) is 11.3 Å². The lowest BCUT2D eigenvalue weighted by atomic mass is 10.1. The Labute approximate surface area is 138 Å². The van der Waals surface area contributed by atoms with Crippen molar-refractivity contribution in [3.05, 3.63) is 53.9 Å². The van der Waals surface area contributed by atoms with Gasteiger partial charge in [0.15, 0.2) is 11.5 Å². The summed E-state index contributed by atoms with van der Waals surface area (Å²) in [4.78, 5) is 12.3.